The Bertz CT molecular complexity index is 1070. The number of amides is 2. The van der Waals surface area contributed by atoms with Crippen molar-refractivity contribution in [1.82, 2.24) is 25.5 Å². The van der Waals surface area contributed by atoms with Gasteiger partial charge >= 0.3 is 6.03 Å². The maximum Gasteiger partial charge on any atom is 0.319 e. The van der Waals surface area contributed by atoms with Crippen molar-refractivity contribution in [3.8, 4) is 5.75 Å². The number of anilines is 1. The van der Waals surface area contributed by atoms with Crippen LogP contribution in [0.4, 0.5) is 10.5 Å². The normalized spacial score (nSPS) is 12.8. The van der Waals surface area contributed by atoms with Crippen molar-refractivity contribution in [3.63, 3.8) is 0 Å². The lowest BCUT2D eigenvalue weighted by molar-refractivity contribution is 0.248. The molecule has 0 fully saturated rings. The number of tetrazole rings is 1. The largest absolute Gasteiger partial charge is 0.497 e. The highest BCUT2D eigenvalue weighted by atomic mass is 35.5. The van der Waals surface area contributed by atoms with Gasteiger partial charge in [0.25, 0.3) is 0 Å². The summed E-state index contributed by atoms with van der Waals surface area (Å²) in [5.41, 5.74) is 1.55. The molecule has 0 unspecified atom stereocenters. The maximum absolute atomic E-state index is 12.6. The fourth-order valence-corrected chi connectivity index (χ4v) is 3.68. The van der Waals surface area contributed by atoms with Crippen LogP contribution in [0, 0.1) is 0 Å². The molecule has 0 aliphatic rings. The van der Waals surface area contributed by atoms with Gasteiger partial charge in [-0.15, -0.1) is 10.2 Å². The molecule has 1 atom stereocenters. The van der Waals surface area contributed by atoms with E-state index in [1.165, 1.54) is 4.80 Å². The monoisotopic (exact) mass is 464 g/mol. The predicted molar refractivity (Wildman–Crippen MR) is 122 cm³/mol. The van der Waals surface area contributed by atoms with Crippen molar-refractivity contribution in [2.45, 2.75) is 18.3 Å². The summed E-state index contributed by atoms with van der Waals surface area (Å²) in [5, 5.41) is 18.6. The van der Waals surface area contributed by atoms with E-state index in [2.05, 4.69) is 26.0 Å². The summed E-state index contributed by atoms with van der Waals surface area (Å²) in [5.74, 6) is 1.24. The number of ether oxygens (including phenoxy) is 1. The second kappa shape index (κ2) is 9.88. The summed E-state index contributed by atoms with van der Waals surface area (Å²) in [4.78, 5) is 13.9. The van der Waals surface area contributed by atoms with Gasteiger partial charge in [-0.25, -0.2) is 4.79 Å². The third-order valence-electron chi connectivity index (χ3n) is 4.25. The van der Waals surface area contributed by atoms with Crippen molar-refractivity contribution >= 4 is 33.3 Å². The van der Waals surface area contributed by atoms with Gasteiger partial charge in [0.1, 0.15) is 11.6 Å². The number of thiol groups is 1. The van der Waals surface area contributed by atoms with Gasteiger partial charge in [-0.2, -0.15) is 4.80 Å². The van der Waals surface area contributed by atoms with Crippen LogP contribution in [0.3, 0.4) is 0 Å². The van der Waals surface area contributed by atoms with Gasteiger partial charge in [0.2, 0.25) is 0 Å². The molecular formula is C20H25ClN6O3S. The van der Waals surface area contributed by atoms with Gasteiger partial charge in [-0.3, -0.25) is 4.21 Å². The van der Waals surface area contributed by atoms with Crippen molar-refractivity contribution in [3.05, 3.63) is 64.9 Å². The van der Waals surface area contributed by atoms with Gasteiger partial charge in [0.15, 0.2) is 5.82 Å². The van der Waals surface area contributed by atoms with Gasteiger partial charge in [-0.05, 0) is 59.7 Å². The molecule has 0 bridgehead atoms. The van der Waals surface area contributed by atoms with E-state index in [1.54, 1.807) is 43.9 Å². The van der Waals surface area contributed by atoms with Crippen LogP contribution in [0.2, 0.25) is 5.02 Å². The fourth-order valence-electron chi connectivity index (χ4n) is 2.82. The summed E-state index contributed by atoms with van der Waals surface area (Å²) in [6.07, 6.45) is 3.74. The Morgan fingerprint density at radius 2 is 1.84 bits per heavy atom. The van der Waals surface area contributed by atoms with Crippen LogP contribution >= 0.6 is 11.6 Å². The Hall–Kier alpha value is -2.98. The molecule has 0 saturated carbocycles. The lowest BCUT2D eigenvalue weighted by Gasteiger charge is -2.17. The molecular weight excluding hydrogens is 440 g/mol. The molecule has 0 spiro atoms. The van der Waals surface area contributed by atoms with Crippen molar-refractivity contribution in [2.75, 3.05) is 24.9 Å². The number of urea groups is 1. The maximum atomic E-state index is 12.6. The Morgan fingerprint density at radius 3 is 2.45 bits per heavy atom. The number of nitrogens with zero attached hydrogens (tertiary/aromatic N) is 4. The molecule has 2 aromatic carbocycles. The SMILES string of the molecule is COc1ccc(C[C@H](NC(=O)Nc2ccc(Cl)cc2)c2nnn(C[SH](C)(C)=O)n2)cc1. The van der Waals surface area contributed by atoms with Gasteiger partial charge in [-0.1, -0.05) is 33.7 Å². The molecule has 0 aliphatic heterocycles. The Balaban J connectivity index is 1.78. The number of aromatic nitrogens is 4. The van der Waals surface area contributed by atoms with E-state index >= 15 is 0 Å². The average Bonchev–Trinajstić information content (AvgIpc) is 3.16. The fraction of sp³-hybridized carbons (Fsp3) is 0.300. The first-order valence-electron chi connectivity index (χ1n) is 9.49. The Labute approximate surface area is 186 Å². The Kier molecular flexibility index (Phi) is 7.24. The molecule has 1 aromatic heterocycles. The van der Waals surface area contributed by atoms with Crippen LogP contribution in [0.15, 0.2) is 48.5 Å². The minimum atomic E-state index is -2.38. The van der Waals surface area contributed by atoms with E-state index in [9.17, 15) is 9.00 Å². The molecule has 0 saturated heterocycles. The number of hydrogen-bond acceptors (Lipinski definition) is 6. The zero-order valence-electron chi connectivity index (χ0n) is 17.4. The lowest BCUT2D eigenvalue weighted by Crippen LogP contribution is -2.34. The van der Waals surface area contributed by atoms with Crippen LogP contribution in [-0.4, -0.2) is 50.1 Å². The second-order valence-corrected chi connectivity index (χ2v) is 11.3. The predicted octanol–water partition coefficient (Wildman–Crippen LogP) is 2.67. The molecule has 3 aromatic rings. The van der Waals surface area contributed by atoms with E-state index < -0.39 is 22.0 Å². The van der Waals surface area contributed by atoms with E-state index in [0.717, 1.165) is 11.3 Å². The summed E-state index contributed by atoms with van der Waals surface area (Å²) < 4.78 is 17.3. The summed E-state index contributed by atoms with van der Waals surface area (Å²) in [6, 6.07) is 13.3. The minimum absolute atomic E-state index is 0.173. The first kappa shape index (κ1) is 22.7. The zero-order chi connectivity index (χ0) is 22.4. The lowest BCUT2D eigenvalue weighted by atomic mass is 10.1. The number of carbonyl (C=O) groups excluding carboxylic acids is 1. The number of carbonyl (C=O) groups is 1. The van der Waals surface area contributed by atoms with Crippen LogP contribution in [-0.2, 0) is 22.2 Å². The topological polar surface area (TPSA) is 111 Å². The Morgan fingerprint density at radius 1 is 1.16 bits per heavy atom. The van der Waals surface area contributed by atoms with E-state index in [4.69, 9.17) is 16.3 Å². The number of benzene rings is 2. The standard InChI is InChI=1S/C20H25ClN6O3S/c1-30-17-10-4-14(5-11-17)12-18(19-24-26-27(25-19)13-31(2,3)29)23-20(28)22-16-8-6-15(21)7-9-16/h4-11,18,31H,12-13H2,1-3H3,(H2,22,23,28)/t18-/m0/s1. The molecule has 0 aliphatic carbocycles. The van der Waals surface area contributed by atoms with Crippen LogP contribution in [0.1, 0.15) is 17.4 Å². The number of nitrogens with one attached hydrogen (secondary N) is 2. The molecule has 9 nitrogen and oxygen atoms in total. The van der Waals surface area contributed by atoms with Gasteiger partial charge < -0.3 is 15.4 Å². The van der Waals surface area contributed by atoms with Crippen molar-refractivity contribution < 1.29 is 13.7 Å². The molecule has 2 N–H and O–H groups in total. The molecule has 31 heavy (non-hydrogen) atoms. The van der Waals surface area contributed by atoms with Gasteiger partial charge in [0.05, 0.1) is 13.2 Å². The average molecular weight is 465 g/mol. The van der Waals surface area contributed by atoms with Crippen LogP contribution in [0.25, 0.3) is 0 Å². The third-order valence-corrected chi connectivity index (χ3v) is 5.44. The highest BCUT2D eigenvalue weighted by Crippen LogP contribution is 2.19. The van der Waals surface area contributed by atoms with E-state index in [-0.39, 0.29) is 5.88 Å². The van der Waals surface area contributed by atoms with Crippen LogP contribution in [0.5, 0.6) is 5.75 Å². The number of methoxy groups -OCH3 is 1. The zero-order valence-corrected chi connectivity index (χ0v) is 19.1. The van der Waals surface area contributed by atoms with E-state index in [0.29, 0.717) is 23.0 Å². The second-order valence-electron chi connectivity index (χ2n) is 7.45. The molecule has 166 valence electrons. The van der Waals surface area contributed by atoms with Crippen molar-refractivity contribution in [2.24, 2.45) is 0 Å². The molecule has 11 heteroatoms. The summed E-state index contributed by atoms with van der Waals surface area (Å²) in [6.45, 7) is 0. The number of halogens is 1. The molecule has 2 amide bonds. The number of hydrogen-bond donors (Lipinski definition) is 3. The summed E-state index contributed by atoms with van der Waals surface area (Å²) >= 11 is 5.89. The van der Waals surface area contributed by atoms with Crippen LogP contribution < -0.4 is 15.4 Å². The van der Waals surface area contributed by atoms with Crippen molar-refractivity contribution in [1.29, 1.82) is 0 Å². The molecule has 3 rings (SSSR count). The number of rotatable bonds is 8. The summed E-state index contributed by atoms with van der Waals surface area (Å²) in [7, 11) is -0.784. The first-order chi connectivity index (χ1) is 14.7. The third kappa shape index (κ3) is 7.04. The highest BCUT2D eigenvalue weighted by Gasteiger charge is 2.21. The van der Waals surface area contributed by atoms with E-state index in [1.807, 2.05) is 24.3 Å². The molecule has 0 radical (unpaired) electrons. The smallest absolute Gasteiger partial charge is 0.319 e. The quantitative estimate of drug-likeness (QED) is 0.442. The minimum Gasteiger partial charge on any atom is -0.497 e. The molecule has 1 heterocycles. The van der Waals surface area contributed by atoms with Gasteiger partial charge in [0, 0.05) is 17.1 Å². The first-order valence-corrected chi connectivity index (χ1v) is 12.7. The highest BCUT2D eigenvalue weighted by molar-refractivity contribution is 8.00.